The van der Waals surface area contributed by atoms with Crippen LogP contribution in [-0.2, 0) is 7.05 Å². The van der Waals surface area contributed by atoms with Crippen LogP contribution in [0.2, 0.25) is 0 Å². The first kappa shape index (κ1) is 13.4. The van der Waals surface area contributed by atoms with Crippen molar-refractivity contribution in [1.29, 1.82) is 0 Å². The highest BCUT2D eigenvalue weighted by molar-refractivity contribution is 5.85. The summed E-state index contributed by atoms with van der Waals surface area (Å²) in [6.07, 6.45) is 0.591. The van der Waals surface area contributed by atoms with E-state index in [4.69, 9.17) is 10.8 Å². The largest absolute Gasteiger partial charge is 0.396 e. The van der Waals surface area contributed by atoms with Crippen molar-refractivity contribution in [2.45, 2.75) is 26.3 Å². The van der Waals surface area contributed by atoms with Crippen molar-refractivity contribution in [2.24, 2.45) is 12.8 Å². The molecule has 0 radical (unpaired) electrons. The molecule has 0 saturated heterocycles. The van der Waals surface area contributed by atoms with Crippen LogP contribution in [0.4, 0.5) is 0 Å². The molecule has 0 aromatic carbocycles. The number of aryl methyl sites for hydroxylation is 2. The van der Waals surface area contributed by atoms with E-state index in [2.05, 4.69) is 5.10 Å². The van der Waals surface area contributed by atoms with E-state index in [1.807, 2.05) is 25.6 Å². The molecule has 0 aliphatic carbocycles. The zero-order valence-electron chi connectivity index (χ0n) is 8.82. The molecule has 3 N–H and O–H groups in total. The molecule has 1 aromatic rings. The highest BCUT2D eigenvalue weighted by Gasteiger charge is 2.15. The van der Waals surface area contributed by atoms with Gasteiger partial charge in [-0.3, -0.25) is 4.68 Å². The van der Waals surface area contributed by atoms with Gasteiger partial charge in [0, 0.05) is 31.0 Å². The third-order valence-corrected chi connectivity index (χ3v) is 2.38. The molecule has 0 amide bonds. The Kier molecular flexibility index (Phi) is 5.12. The monoisotopic (exact) mass is 219 g/mol. The van der Waals surface area contributed by atoms with Crippen molar-refractivity contribution in [3.63, 3.8) is 0 Å². The number of aliphatic hydroxyl groups excluding tert-OH is 1. The van der Waals surface area contributed by atoms with Crippen LogP contribution in [0.1, 0.15) is 29.4 Å². The normalized spacial score (nSPS) is 12.4. The van der Waals surface area contributed by atoms with Crippen molar-refractivity contribution < 1.29 is 5.11 Å². The minimum Gasteiger partial charge on any atom is -0.396 e. The van der Waals surface area contributed by atoms with Gasteiger partial charge in [0.25, 0.3) is 0 Å². The molecular weight excluding hydrogens is 202 g/mol. The number of aliphatic hydroxyl groups is 1. The molecule has 0 fully saturated rings. The van der Waals surface area contributed by atoms with Gasteiger partial charge in [-0.25, -0.2) is 0 Å². The minimum atomic E-state index is -0.0984. The van der Waals surface area contributed by atoms with Crippen molar-refractivity contribution in [3.05, 3.63) is 17.0 Å². The zero-order chi connectivity index (χ0) is 10.0. The lowest BCUT2D eigenvalue weighted by Gasteiger charge is -2.10. The number of hydrogen-bond acceptors (Lipinski definition) is 3. The minimum absolute atomic E-state index is 0. The topological polar surface area (TPSA) is 64.1 Å². The van der Waals surface area contributed by atoms with Crippen molar-refractivity contribution in [3.8, 4) is 0 Å². The van der Waals surface area contributed by atoms with E-state index in [0.717, 1.165) is 17.0 Å². The number of aromatic nitrogens is 2. The highest BCUT2D eigenvalue weighted by Crippen LogP contribution is 2.20. The number of hydrogen-bond donors (Lipinski definition) is 2. The molecule has 0 saturated carbocycles. The summed E-state index contributed by atoms with van der Waals surface area (Å²) in [7, 11) is 1.90. The number of rotatable bonds is 3. The fraction of sp³-hybridized carbons (Fsp3) is 0.667. The summed E-state index contributed by atoms with van der Waals surface area (Å²) in [6.45, 7) is 4.06. The summed E-state index contributed by atoms with van der Waals surface area (Å²) in [4.78, 5) is 0. The first-order chi connectivity index (χ1) is 6.07. The van der Waals surface area contributed by atoms with Crippen LogP contribution in [-0.4, -0.2) is 21.5 Å². The van der Waals surface area contributed by atoms with Crippen LogP contribution in [0.5, 0.6) is 0 Å². The SMILES string of the molecule is Cc1nn(C)c(C)c1C(N)CCO.Cl. The molecule has 0 spiro atoms. The Balaban J connectivity index is 0.00000169. The Bertz CT molecular complexity index is 298. The van der Waals surface area contributed by atoms with E-state index in [1.54, 1.807) is 0 Å². The Labute approximate surface area is 90.5 Å². The van der Waals surface area contributed by atoms with Gasteiger partial charge in [0.05, 0.1) is 5.69 Å². The molecule has 1 heterocycles. The van der Waals surface area contributed by atoms with Gasteiger partial charge in [-0.2, -0.15) is 5.10 Å². The summed E-state index contributed by atoms with van der Waals surface area (Å²) < 4.78 is 1.82. The molecule has 14 heavy (non-hydrogen) atoms. The first-order valence-corrected chi connectivity index (χ1v) is 4.44. The summed E-state index contributed by atoms with van der Waals surface area (Å²) in [5, 5.41) is 13.0. The molecule has 1 rings (SSSR count). The molecule has 0 aliphatic rings. The van der Waals surface area contributed by atoms with E-state index in [0.29, 0.717) is 6.42 Å². The zero-order valence-corrected chi connectivity index (χ0v) is 9.64. The molecule has 0 aliphatic heterocycles. The average Bonchev–Trinajstić information content (AvgIpc) is 2.27. The fourth-order valence-corrected chi connectivity index (χ4v) is 1.61. The molecule has 0 bridgehead atoms. The lowest BCUT2D eigenvalue weighted by molar-refractivity contribution is 0.276. The third-order valence-electron chi connectivity index (χ3n) is 2.38. The van der Waals surface area contributed by atoms with E-state index in [9.17, 15) is 0 Å². The van der Waals surface area contributed by atoms with Gasteiger partial charge in [0.2, 0.25) is 0 Å². The van der Waals surface area contributed by atoms with Crippen LogP contribution >= 0.6 is 12.4 Å². The second-order valence-corrected chi connectivity index (χ2v) is 3.33. The quantitative estimate of drug-likeness (QED) is 0.792. The maximum absolute atomic E-state index is 8.78. The third kappa shape index (κ3) is 2.47. The predicted molar refractivity (Wildman–Crippen MR) is 58.6 cm³/mol. The van der Waals surface area contributed by atoms with Gasteiger partial charge in [0.15, 0.2) is 0 Å². The van der Waals surface area contributed by atoms with Crippen molar-refractivity contribution in [2.75, 3.05) is 6.61 Å². The van der Waals surface area contributed by atoms with Gasteiger partial charge in [-0.1, -0.05) is 0 Å². The van der Waals surface area contributed by atoms with E-state index in [1.165, 1.54) is 0 Å². The Morgan fingerprint density at radius 1 is 1.50 bits per heavy atom. The second kappa shape index (κ2) is 5.34. The van der Waals surface area contributed by atoms with Crippen LogP contribution in [0.3, 0.4) is 0 Å². The van der Waals surface area contributed by atoms with Crippen molar-refractivity contribution in [1.82, 2.24) is 9.78 Å². The fourth-order valence-electron chi connectivity index (χ4n) is 1.61. The van der Waals surface area contributed by atoms with Gasteiger partial charge in [-0.15, -0.1) is 12.4 Å². The maximum atomic E-state index is 8.78. The predicted octanol–water partition coefficient (Wildman–Crippen LogP) is 0.841. The number of nitrogens with zero attached hydrogens (tertiary/aromatic N) is 2. The Hall–Kier alpha value is -0.580. The van der Waals surface area contributed by atoms with Crippen molar-refractivity contribution >= 4 is 12.4 Å². The molecule has 1 aromatic heterocycles. The van der Waals surface area contributed by atoms with Gasteiger partial charge < -0.3 is 10.8 Å². The van der Waals surface area contributed by atoms with E-state index < -0.39 is 0 Å². The summed E-state index contributed by atoms with van der Waals surface area (Å²) in [5.74, 6) is 0. The standard InChI is InChI=1S/C9H17N3O.ClH/c1-6-9(8(10)4-5-13)7(2)12(3)11-6;/h8,13H,4-5,10H2,1-3H3;1H. The smallest absolute Gasteiger partial charge is 0.0644 e. The number of halogens is 1. The lowest BCUT2D eigenvalue weighted by Crippen LogP contribution is -2.13. The number of nitrogens with two attached hydrogens (primary N) is 1. The van der Waals surface area contributed by atoms with Gasteiger partial charge >= 0.3 is 0 Å². The van der Waals surface area contributed by atoms with Crippen LogP contribution in [0.25, 0.3) is 0 Å². The maximum Gasteiger partial charge on any atom is 0.0644 e. The molecule has 4 nitrogen and oxygen atoms in total. The van der Waals surface area contributed by atoms with Gasteiger partial charge in [0.1, 0.15) is 0 Å². The van der Waals surface area contributed by atoms with E-state index >= 15 is 0 Å². The van der Waals surface area contributed by atoms with Crippen LogP contribution < -0.4 is 5.73 Å². The summed E-state index contributed by atoms with van der Waals surface area (Å²) >= 11 is 0. The van der Waals surface area contributed by atoms with Crippen LogP contribution in [0.15, 0.2) is 0 Å². The Morgan fingerprint density at radius 3 is 2.43 bits per heavy atom. The average molecular weight is 220 g/mol. The molecule has 1 atom stereocenters. The van der Waals surface area contributed by atoms with Gasteiger partial charge in [-0.05, 0) is 20.3 Å². The summed E-state index contributed by atoms with van der Waals surface area (Å²) in [6, 6.07) is -0.0984. The van der Waals surface area contributed by atoms with Crippen LogP contribution in [0, 0.1) is 13.8 Å². The lowest BCUT2D eigenvalue weighted by atomic mass is 10.0. The molecule has 1 unspecified atom stereocenters. The first-order valence-electron chi connectivity index (χ1n) is 4.44. The highest BCUT2D eigenvalue weighted by atomic mass is 35.5. The van der Waals surface area contributed by atoms with E-state index in [-0.39, 0.29) is 25.1 Å². The molecular formula is C9H18ClN3O. The second-order valence-electron chi connectivity index (χ2n) is 3.33. The molecule has 5 heteroatoms. The summed E-state index contributed by atoms with van der Waals surface area (Å²) in [5.41, 5.74) is 9.01. The Morgan fingerprint density at radius 2 is 2.07 bits per heavy atom. The molecule has 82 valence electrons.